The summed E-state index contributed by atoms with van der Waals surface area (Å²) < 4.78 is 5.57. The van der Waals surface area contributed by atoms with Crippen LogP contribution in [0.15, 0.2) is 18.2 Å². The smallest absolute Gasteiger partial charge is 0.112 e. The van der Waals surface area contributed by atoms with Crippen molar-refractivity contribution in [2.24, 2.45) is 0 Å². The number of ether oxygens (including phenoxy) is 1. The zero-order valence-corrected chi connectivity index (χ0v) is 12.9. The number of hydrogen-bond acceptors (Lipinski definition) is 1. The van der Waals surface area contributed by atoms with Gasteiger partial charge in [-0.15, -0.1) is 0 Å². The third-order valence-electron chi connectivity index (χ3n) is 3.95. The Morgan fingerprint density at radius 1 is 1.26 bits per heavy atom. The second-order valence-corrected chi connectivity index (χ2v) is 6.08. The molecule has 0 unspecified atom stereocenters. The van der Waals surface area contributed by atoms with Crippen molar-refractivity contribution in [2.75, 3.05) is 13.7 Å². The topological polar surface area (TPSA) is 25.8 Å². The number of halogens is 2. The molecule has 2 atom stereocenters. The molecule has 0 bridgehead atoms. The second-order valence-electron chi connectivity index (χ2n) is 5.23. The summed E-state index contributed by atoms with van der Waals surface area (Å²) in [5, 5.41) is 3.88. The highest BCUT2D eigenvalue weighted by atomic mass is 35.5. The molecule has 0 saturated heterocycles. The number of benzene rings is 1. The zero-order chi connectivity index (χ0) is 13.7. The lowest BCUT2D eigenvalue weighted by molar-refractivity contribution is -0.698. The minimum absolute atomic E-state index is 0.412. The zero-order valence-electron chi connectivity index (χ0n) is 11.4. The molecule has 1 fully saturated rings. The Bertz CT molecular complexity index is 411. The summed E-state index contributed by atoms with van der Waals surface area (Å²) in [5.41, 5.74) is 1.17. The summed E-state index contributed by atoms with van der Waals surface area (Å²) in [5.74, 6) is 0. The van der Waals surface area contributed by atoms with Gasteiger partial charge in [-0.3, -0.25) is 0 Å². The lowest BCUT2D eigenvalue weighted by Crippen LogP contribution is -2.93. The van der Waals surface area contributed by atoms with Crippen molar-refractivity contribution in [3.63, 3.8) is 0 Å². The van der Waals surface area contributed by atoms with Gasteiger partial charge in [0.1, 0.15) is 12.1 Å². The van der Waals surface area contributed by atoms with Gasteiger partial charge in [0.15, 0.2) is 0 Å². The van der Waals surface area contributed by atoms with Gasteiger partial charge < -0.3 is 10.1 Å². The first kappa shape index (κ1) is 15.1. The molecule has 1 aromatic carbocycles. The van der Waals surface area contributed by atoms with Crippen molar-refractivity contribution in [2.45, 2.75) is 44.2 Å². The van der Waals surface area contributed by atoms with E-state index in [0.717, 1.165) is 18.0 Å². The van der Waals surface area contributed by atoms with Crippen LogP contribution in [0.3, 0.4) is 0 Å². The maximum absolute atomic E-state index is 6.18. The summed E-state index contributed by atoms with van der Waals surface area (Å²) in [4.78, 5) is 0. The maximum atomic E-state index is 6.18. The predicted octanol–water partition coefficient (Wildman–Crippen LogP) is 3.06. The molecular formula is C15H22Cl2NO+. The summed E-state index contributed by atoms with van der Waals surface area (Å²) in [6, 6.07) is 6.34. The van der Waals surface area contributed by atoms with Crippen LogP contribution in [0.5, 0.6) is 0 Å². The molecule has 0 amide bonds. The van der Waals surface area contributed by atoms with Crippen LogP contribution in [0.1, 0.15) is 31.2 Å². The Labute approximate surface area is 125 Å². The molecule has 1 aliphatic rings. The third-order valence-corrected chi connectivity index (χ3v) is 4.54. The largest absolute Gasteiger partial charge is 0.375 e. The molecule has 1 saturated carbocycles. The Balaban J connectivity index is 1.82. The molecule has 4 heteroatoms. The Morgan fingerprint density at radius 3 is 2.79 bits per heavy atom. The number of hydrogen-bond donors (Lipinski definition) is 1. The van der Waals surface area contributed by atoms with Crippen LogP contribution >= 0.6 is 23.2 Å². The maximum Gasteiger partial charge on any atom is 0.112 e. The van der Waals surface area contributed by atoms with Gasteiger partial charge in [-0.1, -0.05) is 35.7 Å². The van der Waals surface area contributed by atoms with Crippen molar-refractivity contribution in [3.8, 4) is 0 Å². The van der Waals surface area contributed by atoms with Gasteiger partial charge in [0.05, 0.1) is 6.54 Å². The summed E-state index contributed by atoms with van der Waals surface area (Å²) in [6.45, 7) is 1.05. The molecule has 0 aliphatic heterocycles. The number of nitrogens with two attached hydrogens (primary N) is 1. The molecule has 1 aliphatic carbocycles. The number of methoxy groups -OCH3 is 1. The highest BCUT2D eigenvalue weighted by Crippen LogP contribution is 2.21. The summed E-state index contributed by atoms with van der Waals surface area (Å²) >= 11 is 12.1. The lowest BCUT2D eigenvalue weighted by Gasteiger charge is -2.28. The quantitative estimate of drug-likeness (QED) is 0.889. The molecule has 0 radical (unpaired) electrons. The van der Waals surface area contributed by atoms with Crippen molar-refractivity contribution in [1.29, 1.82) is 0 Å². The first-order chi connectivity index (χ1) is 9.20. The van der Waals surface area contributed by atoms with Crippen molar-refractivity contribution >= 4 is 23.2 Å². The van der Waals surface area contributed by atoms with E-state index < -0.39 is 0 Å². The minimum atomic E-state index is 0.412. The molecule has 1 aromatic rings. The van der Waals surface area contributed by atoms with Gasteiger partial charge in [-0.05, 0) is 30.5 Å². The number of rotatable bonds is 5. The van der Waals surface area contributed by atoms with Crippen LogP contribution in [-0.2, 0) is 11.2 Å². The molecule has 106 valence electrons. The fraction of sp³-hybridized carbons (Fsp3) is 0.600. The fourth-order valence-electron chi connectivity index (χ4n) is 2.87. The average Bonchev–Trinajstić information content (AvgIpc) is 2.42. The van der Waals surface area contributed by atoms with Crippen molar-refractivity contribution in [1.82, 2.24) is 0 Å². The number of quaternary nitrogens is 1. The molecule has 0 spiro atoms. The van der Waals surface area contributed by atoms with E-state index in [-0.39, 0.29) is 0 Å². The molecule has 0 heterocycles. The predicted molar refractivity (Wildman–Crippen MR) is 80.0 cm³/mol. The second kappa shape index (κ2) is 7.49. The molecule has 0 aromatic heterocycles. The fourth-order valence-corrected chi connectivity index (χ4v) is 3.37. The van der Waals surface area contributed by atoms with E-state index in [1.165, 1.54) is 31.2 Å². The SMILES string of the molecule is CO[C@@H]1CCCC[C@H]1[NH2+]CCc1ccc(Cl)cc1Cl. The standard InChI is InChI=1S/C15H21Cl2NO/c1-19-15-5-3-2-4-14(15)18-9-8-11-6-7-12(16)10-13(11)17/h6-7,10,14-15,18H,2-5,8-9H2,1H3/p+1/t14-,15-/m1/s1. The van der Waals surface area contributed by atoms with E-state index in [1.807, 2.05) is 25.3 Å². The van der Waals surface area contributed by atoms with Crippen LogP contribution in [0.25, 0.3) is 0 Å². The van der Waals surface area contributed by atoms with E-state index >= 15 is 0 Å². The van der Waals surface area contributed by atoms with Gasteiger partial charge >= 0.3 is 0 Å². The minimum Gasteiger partial charge on any atom is -0.375 e. The van der Waals surface area contributed by atoms with E-state index in [0.29, 0.717) is 17.2 Å². The normalized spacial score (nSPS) is 23.5. The Hall–Kier alpha value is -0.280. The van der Waals surface area contributed by atoms with Gasteiger partial charge in [0.2, 0.25) is 0 Å². The molecule has 2 nitrogen and oxygen atoms in total. The van der Waals surface area contributed by atoms with Gasteiger partial charge in [0, 0.05) is 30.0 Å². The van der Waals surface area contributed by atoms with Crippen molar-refractivity contribution < 1.29 is 10.1 Å². The van der Waals surface area contributed by atoms with Gasteiger partial charge in [-0.2, -0.15) is 0 Å². The highest BCUT2D eigenvalue weighted by molar-refractivity contribution is 6.35. The van der Waals surface area contributed by atoms with E-state index in [2.05, 4.69) is 5.32 Å². The Kier molecular flexibility index (Phi) is 5.96. The molecule has 19 heavy (non-hydrogen) atoms. The summed E-state index contributed by atoms with van der Waals surface area (Å²) in [6.07, 6.45) is 6.46. The van der Waals surface area contributed by atoms with E-state index in [1.54, 1.807) is 0 Å². The van der Waals surface area contributed by atoms with Crippen LogP contribution in [0.2, 0.25) is 10.0 Å². The first-order valence-corrected chi connectivity index (χ1v) is 7.76. The first-order valence-electron chi connectivity index (χ1n) is 7.00. The highest BCUT2D eigenvalue weighted by Gasteiger charge is 2.27. The molecule has 2 rings (SSSR count). The molecule has 2 N–H and O–H groups in total. The Morgan fingerprint density at radius 2 is 2.05 bits per heavy atom. The lowest BCUT2D eigenvalue weighted by atomic mass is 9.92. The average molecular weight is 303 g/mol. The molecular weight excluding hydrogens is 281 g/mol. The van der Waals surface area contributed by atoms with Crippen molar-refractivity contribution in [3.05, 3.63) is 33.8 Å². The van der Waals surface area contributed by atoms with Crippen LogP contribution in [-0.4, -0.2) is 25.8 Å². The van der Waals surface area contributed by atoms with Gasteiger partial charge in [-0.25, -0.2) is 0 Å². The summed E-state index contributed by atoms with van der Waals surface area (Å²) in [7, 11) is 1.83. The van der Waals surface area contributed by atoms with Crippen LogP contribution in [0, 0.1) is 0 Å². The van der Waals surface area contributed by atoms with Crippen LogP contribution < -0.4 is 5.32 Å². The monoisotopic (exact) mass is 302 g/mol. The van der Waals surface area contributed by atoms with E-state index in [4.69, 9.17) is 27.9 Å². The van der Waals surface area contributed by atoms with Crippen LogP contribution in [0.4, 0.5) is 0 Å². The third kappa shape index (κ3) is 4.35. The van der Waals surface area contributed by atoms with E-state index in [9.17, 15) is 0 Å². The van der Waals surface area contributed by atoms with Gasteiger partial charge in [0.25, 0.3) is 0 Å².